The summed E-state index contributed by atoms with van der Waals surface area (Å²) in [5.41, 5.74) is 2.32. The Balaban J connectivity index is 1.57. The van der Waals surface area contributed by atoms with Gasteiger partial charge in [-0.1, -0.05) is 12.1 Å². The number of thiocarbonyl (C=S) groups is 1. The lowest BCUT2D eigenvalue weighted by Crippen LogP contribution is -2.50. The van der Waals surface area contributed by atoms with Crippen LogP contribution in [-0.4, -0.2) is 53.8 Å². The number of ether oxygens (including phenoxy) is 1. The maximum absolute atomic E-state index is 11.9. The molecule has 1 aliphatic heterocycles. The molecule has 1 saturated heterocycles. The molecule has 0 spiro atoms. The molecule has 0 atom stereocenters. The third-order valence-corrected chi connectivity index (χ3v) is 4.75. The zero-order valence-corrected chi connectivity index (χ0v) is 16.5. The van der Waals surface area contributed by atoms with Crippen molar-refractivity contribution < 1.29 is 9.53 Å². The predicted molar refractivity (Wildman–Crippen MR) is 111 cm³/mol. The summed E-state index contributed by atoms with van der Waals surface area (Å²) in [6.45, 7) is 7.51. The second-order valence-electron chi connectivity index (χ2n) is 6.34. The van der Waals surface area contributed by atoms with Crippen LogP contribution in [0.15, 0.2) is 42.5 Å². The number of aromatic nitrogens is 1. The van der Waals surface area contributed by atoms with Crippen LogP contribution in [0.1, 0.15) is 23.0 Å². The van der Waals surface area contributed by atoms with E-state index in [1.54, 1.807) is 19.1 Å². The summed E-state index contributed by atoms with van der Waals surface area (Å²) in [6, 6.07) is 13.3. The molecule has 1 aromatic carbocycles. The molecule has 2 heterocycles. The van der Waals surface area contributed by atoms with Crippen LogP contribution in [0.4, 0.5) is 11.5 Å². The van der Waals surface area contributed by atoms with Crippen LogP contribution in [0.25, 0.3) is 0 Å². The Morgan fingerprint density at radius 3 is 2.63 bits per heavy atom. The van der Waals surface area contributed by atoms with Gasteiger partial charge in [-0.3, -0.25) is 0 Å². The molecule has 3 rings (SSSR count). The normalized spacial score (nSPS) is 14.0. The first-order valence-electron chi connectivity index (χ1n) is 9.08. The molecule has 0 bridgehead atoms. The Morgan fingerprint density at radius 1 is 1.19 bits per heavy atom. The van der Waals surface area contributed by atoms with Gasteiger partial charge in [-0.05, 0) is 56.4 Å². The summed E-state index contributed by atoms with van der Waals surface area (Å²) in [4.78, 5) is 20.9. The zero-order chi connectivity index (χ0) is 19.2. The van der Waals surface area contributed by atoms with Crippen molar-refractivity contribution in [3.05, 3.63) is 53.7 Å². The van der Waals surface area contributed by atoms with Crippen molar-refractivity contribution >= 4 is 34.8 Å². The molecule has 0 saturated carbocycles. The van der Waals surface area contributed by atoms with E-state index >= 15 is 0 Å². The van der Waals surface area contributed by atoms with E-state index in [9.17, 15) is 4.79 Å². The molecule has 0 radical (unpaired) electrons. The highest BCUT2D eigenvalue weighted by Crippen LogP contribution is 2.16. The number of piperazine rings is 1. The van der Waals surface area contributed by atoms with Gasteiger partial charge < -0.3 is 19.9 Å². The third-order valence-electron chi connectivity index (χ3n) is 4.39. The average molecular weight is 385 g/mol. The molecule has 1 N–H and O–H groups in total. The number of aryl methyl sites for hydroxylation is 1. The molecule has 1 aliphatic rings. The lowest BCUT2D eigenvalue weighted by Gasteiger charge is -2.36. The van der Waals surface area contributed by atoms with Crippen LogP contribution in [0.2, 0.25) is 0 Å². The van der Waals surface area contributed by atoms with E-state index < -0.39 is 0 Å². The van der Waals surface area contributed by atoms with Crippen molar-refractivity contribution in [1.82, 2.24) is 9.88 Å². The number of rotatable bonds is 4. The van der Waals surface area contributed by atoms with Gasteiger partial charge in [-0.15, -0.1) is 0 Å². The molecule has 0 amide bonds. The Hall–Kier alpha value is -2.67. The highest BCUT2D eigenvalue weighted by molar-refractivity contribution is 7.80. The number of nitrogens with one attached hydrogen (secondary N) is 1. The number of esters is 1. The van der Waals surface area contributed by atoms with Crippen LogP contribution in [-0.2, 0) is 4.74 Å². The summed E-state index contributed by atoms with van der Waals surface area (Å²) >= 11 is 5.56. The predicted octanol–water partition coefficient (Wildman–Crippen LogP) is 3.09. The van der Waals surface area contributed by atoms with Gasteiger partial charge in [0, 0.05) is 37.6 Å². The maximum atomic E-state index is 11.9. The lowest BCUT2D eigenvalue weighted by molar-refractivity contribution is 0.0526. The highest BCUT2D eigenvalue weighted by atomic mass is 32.1. The van der Waals surface area contributed by atoms with E-state index in [-0.39, 0.29) is 5.97 Å². The Labute approximate surface area is 165 Å². The third kappa shape index (κ3) is 4.95. The molecule has 0 unspecified atom stereocenters. The number of carbonyl (C=O) groups is 1. The largest absolute Gasteiger partial charge is 0.462 e. The van der Waals surface area contributed by atoms with Gasteiger partial charge in [-0.2, -0.15) is 0 Å². The molecule has 2 aromatic rings. The lowest BCUT2D eigenvalue weighted by atomic mass is 10.2. The minimum absolute atomic E-state index is 0.327. The van der Waals surface area contributed by atoms with Crippen LogP contribution in [0.3, 0.4) is 0 Å². The van der Waals surface area contributed by atoms with E-state index in [1.807, 2.05) is 37.3 Å². The highest BCUT2D eigenvalue weighted by Gasteiger charge is 2.20. The van der Waals surface area contributed by atoms with Crippen molar-refractivity contribution in [1.29, 1.82) is 0 Å². The number of hydrogen-bond donors (Lipinski definition) is 1. The second kappa shape index (κ2) is 8.81. The molecule has 27 heavy (non-hydrogen) atoms. The van der Waals surface area contributed by atoms with Gasteiger partial charge in [0.05, 0.1) is 12.2 Å². The smallest absolute Gasteiger partial charge is 0.338 e. The number of nitrogens with zero attached hydrogens (tertiary/aromatic N) is 3. The fourth-order valence-electron chi connectivity index (χ4n) is 2.98. The molecule has 142 valence electrons. The van der Waals surface area contributed by atoms with Gasteiger partial charge in [-0.25, -0.2) is 9.78 Å². The molecule has 6 nitrogen and oxygen atoms in total. The Morgan fingerprint density at radius 2 is 1.93 bits per heavy atom. The molecule has 7 heteroatoms. The van der Waals surface area contributed by atoms with Gasteiger partial charge in [0.2, 0.25) is 0 Å². The summed E-state index contributed by atoms with van der Waals surface area (Å²) in [7, 11) is 0. The standard InChI is InChI=1S/C20H24N4O2S/c1-3-26-19(25)16-7-5-8-17(14-16)22-20(27)24-12-10-23(11-13-24)18-9-4-6-15(2)21-18/h4-9,14H,3,10-13H2,1-2H3,(H,22,27). The Bertz CT molecular complexity index is 819. The maximum Gasteiger partial charge on any atom is 0.338 e. The van der Waals surface area contributed by atoms with Gasteiger partial charge in [0.1, 0.15) is 5.82 Å². The quantitative estimate of drug-likeness (QED) is 0.642. The number of pyridine rings is 1. The van der Waals surface area contributed by atoms with Crippen molar-refractivity contribution in [2.75, 3.05) is 43.0 Å². The first-order valence-corrected chi connectivity index (χ1v) is 9.49. The van der Waals surface area contributed by atoms with Crippen LogP contribution in [0.5, 0.6) is 0 Å². The van der Waals surface area contributed by atoms with Crippen molar-refractivity contribution in [2.24, 2.45) is 0 Å². The summed E-state index contributed by atoms with van der Waals surface area (Å²) < 4.78 is 5.05. The van der Waals surface area contributed by atoms with Gasteiger partial charge in [0.25, 0.3) is 0 Å². The van der Waals surface area contributed by atoms with Crippen molar-refractivity contribution in [2.45, 2.75) is 13.8 Å². The molecular formula is C20H24N4O2S. The molecule has 1 aromatic heterocycles. The summed E-state index contributed by atoms with van der Waals surface area (Å²) in [6.07, 6.45) is 0. The van der Waals surface area contributed by atoms with Crippen LogP contribution >= 0.6 is 12.2 Å². The Kier molecular flexibility index (Phi) is 6.24. The first kappa shape index (κ1) is 19.1. The fraction of sp³-hybridized carbons (Fsp3) is 0.350. The van der Waals surface area contributed by atoms with Crippen molar-refractivity contribution in [3.63, 3.8) is 0 Å². The van der Waals surface area contributed by atoms with E-state index in [2.05, 4.69) is 20.1 Å². The number of anilines is 2. The van der Waals surface area contributed by atoms with Crippen LogP contribution < -0.4 is 10.2 Å². The van der Waals surface area contributed by atoms with E-state index in [1.165, 1.54) is 0 Å². The number of hydrogen-bond acceptors (Lipinski definition) is 5. The van der Waals surface area contributed by atoms with E-state index in [4.69, 9.17) is 17.0 Å². The van der Waals surface area contributed by atoms with Gasteiger partial charge >= 0.3 is 5.97 Å². The average Bonchev–Trinajstić information content (AvgIpc) is 2.68. The van der Waals surface area contributed by atoms with Gasteiger partial charge in [0.15, 0.2) is 5.11 Å². The van der Waals surface area contributed by atoms with E-state index in [0.29, 0.717) is 17.3 Å². The topological polar surface area (TPSA) is 57.7 Å². The van der Waals surface area contributed by atoms with Crippen molar-refractivity contribution in [3.8, 4) is 0 Å². The molecular weight excluding hydrogens is 360 g/mol. The van der Waals surface area contributed by atoms with Crippen LogP contribution in [0, 0.1) is 6.92 Å². The number of benzene rings is 1. The first-order chi connectivity index (χ1) is 13.1. The fourth-order valence-corrected chi connectivity index (χ4v) is 3.28. The summed E-state index contributed by atoms with van der Waals surface area (Å²) in [5, 5.41) is 3.89. The number of carbonyl (C=O) groups excluding carboxylic acids is 1. The molecule has 1 fully saturated rings. The SMILES string of the molecule is CCOC(=O)c1cccc(NC(=S)N2CCN(c3cccc(C)n3)CC2)c1. The second-order valence-corrected chi connectivity index (χ2v) is 6.73. The zero-order valence-electron chi connectivity index (χ0n) is 15.6. The minimum atomic E-state index is -0.327. The van der Waals surface area contributed by atoms with E-state index in [0.717, 1.165) is 43.4 Å². The summed E-state index contributed by atoms with van der Waals surface area (Å²) in [5.74, 6) is 0.682. The minimum Gasteiger partial charge on any atom is -0.462 e. The molecule has 0 aliphatic carbocycles. The monoisotopic (exact) mass is 384 g/mol.